The van der Waals surface area contributed by atoms with Crippen molar-refractivity contribution in [3.05, 3.63) is 65.2 Å². The quantitative estimate of drug-likeness (QED) is 0.781. The zero-order valence-corrected chi connectivity index (χ0v) is 17.3. The third-order valence-corrected chi connectivity index (χ3v) is 5.68. The molecule has 3 rings (SSSR count). The van der Waals surface area contributed by atoms with Crippen molar-refractivity contribution in [2.75, 3.05) is 26.7 Å². The Balaban J connectivity index is 1.37. The molecule has 1 aliphatic heterocycles. The second-order valence-corrected chi connectivity index (χ2v) is 7.76. The molecule has 1 heterocycles. The van der Waals surface area contributed by atoms with Gasteiger partial charge in [-0.15, -0.1) is 0 Å². The van der Waals surface area contributed by atoms with Crippen LogP contribution in [0.3, 0.4) is 0 Å². The predicted octanol–water partition coefficient (Wildman–Crippen LogP) is 3.60. The van der Waals surface area contributed by atoms with Crippen molar-refractivity contribution in [2.45, 2.75) is 32.6 Å². The van der Waals surface area contributed by atoms with E-state index in [9.17, 15) is 9.59 Å². The van der Waals surface area contributed by atoms with Gasteiger partial charge in [-0.05, 0) is 68.4 Å². The van der Waals surface area contributed by atoms with Crippen molar-refractivity contribution in [2.24, 2.45) is 5.92 Å². The number of rotatable bonds is 7. The van der Waals surface area contributed by atoms with Gasteiger partial charge in [0.15, 0.2) is 0 Å². The summed E-state index contributed by atoms with van der Waals surface area (Å²) in [6.45, 7) is 3.58. The highest BCUT2D eigenvalue weighted by atomic mass is 16.5. The molecule has 5 heteroatoms. The number of aryl methyl sites for hydroxylation is 2. The number of carbonyl (C=O) groups is 2. The zero-order chi connectivity index (χ0) is 20.6. The van der Waals surface area contributed by atoms with Crippen LogP contribution in [0, 0.1) is 12.8 Å². The molecular formula is C24H30N2O3. The van der Waals surface area contributed by atoms with E-state index in [-0.39, 0.29) is 18.4 Å². The molecule has 154 valence electrons. The normalized spacial score (nSPS) is 14.5. The lowest BCUT2D eigenvalue weighted by Crippen LogP contribution is -2.44. The molecule has 1 fully saturated rings. The number of nitrogens with one attached hydrogen (secondary N) is 1. The van der Waals surface area contributed by atoms with Gasteiger partial charge in [0.1, 0.15) is 5.75 Å². The molecule has 0 spiro atoms. The second kappa shape index (κ2) is 10.1. The minimum Gasteiger partial charge on any atom is -0.497 e. The Hall–Kier alpha value is -2.82. The molecule has 0 radical (unpaired) electrons. The molecule has 0 atom stereocenters. The highest BCUT2D eigenvalue weighted by Crippen LogP contribution is 2.23. The molecule has 1 aliphatic rings. The van der Waals surface area contributed by atoms with E-state index in [4.69, 9.17) is 4.74 Å². The SMILES string of the molecule is COc1ccc(CCC2CCN(C(=O)CNC(=O)c3ccc(C)cc3)CC2)cc1. The smallest absolute Gasteiger partial charge is 0.251 e. The number of hydrogen-bond donors (Lipinski definition) is 1. The first-order valence-electron chi connectivity index (χ1n) is 10.3. The predicted molar refractivity (Wildman–Crippen MR) is 114 cm³/mol. The van der Waals surface area contributed by atoms with Gasteiger partial charge in [-0.2, -0.15) is 0 Å². The number of amides is 2. The summed E-state index contributed by atoms with van der Waals surface area (Å²) >= 11 is 0. The van der Waals surface area contributed by atoms with Crippen molar-refractivity contribution in [1.82, 2.24) is 10.2 Å². The maximum atomic E-state index is 12.4. The van der Waals surface area contributed by atoms with Crippen LogP contribution in [-0.4, -0.2) is 43.5 Å². The van der Waals surface area contributed by atoms with Gasteiger partial charge in [0.2, 0.25) is 5.91 Å². The first-order chi connectivity index (χ1) is 14.0. The van der Waals surface area contributed by atoms with Crippen LogP contribution in [-0.2, 0) is 11.2 Å². The highest BCUT2D eigenvalue weighted by Gasteiger charge is 2.23. The molecule has 0 unspecified atom stereocenters. The van der Waals surface area contributed by atoms with Gasteiger partial charge in [-0.1, -0.05) is 29.8 Å². The van der Waals surface area contributed by atoms with E-state index in [2.05, 4.69) is 17.4 Å². The third kappa shape index (κ3) is 6.08. The largest absolute Gasteiger partial charge is 0.497 e. The molecule has 0 aliphatic carbocycles. The Morgan fingerprint density at radius 1 is 1.03 bits per heavy atom. The van der Waals surface area contributed by atoms with Gasteiger partial charge >= 0.3 is 0 Å². The van der Waals surface area contributed by atoms with Crippen LogP contribution >= 0.6 is 0 Å². The molecule has 0 aromatic heterocycles. The Bertz CT molecular complexity index is 807. The second-order valence-electron chi connectivity index (χ2n) is 7.76. The molecule has 2 aromatic rings. The minimum absolute atomic E-state index is 0.000865. The summed E-state index contributed by atoms with van der Waals surface area (Å²) < 4.78 is 5.20. The van der Waals surface area contributed by atoms with E-state index in [0.717, 1.165) is 50.1 Å². The van der Waals surface area contributed by atoms with Crippen LogP contribution in [0.25, 0.3) is 0 Å². The van der Waals surface area contributed by atoms with Crippen molar-refractivity contribution in [1.29, 1.82) is 0 Å². The number of hydrogen-bond acceptors (Lipinski definition) is 3. The van der Waals surface area contributed by atoms with E-state index in [0.29, 0.717) is 11.5 Å². The van der Waals surface area contributed by atoms with Crippen LogP contribution < -0.4 is 10.1 Å². The molecule has 2 aromatic carbocycles. The fourth-order valence-electron chi connectivity index (χ4n) is 3.71. The molecular weight excluding hydrogens is 364 g/mol. The monoisotopic (exact) mass is 394 g/mol. The highest BCUT2D eigenvalue weighted by molar-refractivity contribution is 5.96. The van der Waals surface area contributed by atoms with Crippen molar-refractivity contribution in [3.63, 3.8) is 0 Å². The minimum atomic E-state index is -0.201. The van der Waals surface area contributed by atoms with Crippen molar-refractivity contribution >= 4 is 11.8 Å². The molecule has 0 saturated carbocycles. The topological polar surface area (TPSA) is 58.6 Å². The van der Waals surface area contributed by atoms with Crippen LogP contribution in [0.5, 0.6) is 5.75 Å². The number of benzene rings is 2. The number of methoxy groups -OCH3 is 1. The number of piperidine rings is 1. The van der Waals surface area contributed by atoms with Crippen LogP contribution in [0.4, 0.5) is 0 Å². The molecule has 1 saturated heterocycles. The van der Waals surface area contributed by atoms with Gasteiger partial charge in [0.25, 0.3) is 5.91 Å². The number of likely N-dealkylation sites (tertiary alicyclic amines) is 1. The molecule has 5 nitrogen and oxygen atoms in total. The summed E-state index contributed by atoms with van der Waals surface area (Å²) in [4.78, 5) is 26.5. The van der Waals surface area contributed by atoms with E-state index < -0.39 is 0 Å². The summed E-state index contributed by atoms with van der Waals surface area (Å²) in [6.07, 6.45) is 4.23. The molecule has 1 N–H and O–H groups in total. The Kier molecular flexibility index (Phi) is 7.28. The summed E-state index contributed by atoms with van der Waals surface area (Å²) in [5.74, 6) is 1.32. The van der Waals surface area contributed by atoms with Gasteiger partial charge < -0.3 is 15.0 Å². The summed E-state index contributed by atoms with van der Waals surface area (Å²) in [5, 5.41) is 2.74. The van der Waals surface area contributed by atoms with Crippen molar-refractivity contribution < 1.29 is 14.3 Å². The van der Waals surface area contributed by atoms with Crippen LogP contribution in [0.2, 0.25) is 0 Å². The maximum Gasteiger partial charge on any atom is 0.251 e. The van der Waals surface area contributed by atoms with Gasteiger partial charge in [-0.3, -0.25) is 9.59 Å². The Morgan fingerprint density at radius 2 is 1.69 bits per heavy atom. The molecule has 2 amide bonds. The number of ether oxygens (including phenoxy) is 1. The zero-order valence-electron chi connectivity index (χ0n) is 17.3. The lowest BCUT2D eigenvalue weighted by molar-refractivity contribution is -0.131. The lowest BCUT2D eigenvalue weighted by Gasteiger charge is -2.32. The first kappa shape index (κ1) is 20.9. The average Bonchev–Trinajstić information content (AvgIpc) is 2.77. The number of carbonyl (C=O) groups excluding carboxylic acids is 2. The number of nitrogens with zero attached hydrogens (tertiary/aromatic N) is 1. The van der Waals surface area contributed by atoms with E-state index in [1.165, 1.54) is 5.56 Å². The third-order valence-electron chi connectivity index (χ3n) is 5.68. The van der Waals surface area contributed by atoms with E-state index >= 15 is 0 Å². The fraction of sp³-hybridized carbons (Fsp3) is 0.417. The van der Waals surface area contributed by atoms with E-state index in [1.807, 2.05) is 36.1 Å². The van der Waals surface area contributed by atoms with E-state index in [1.54, 1.807) is 19.2 Å². The van der Waals surface area contributed by atoms with Gasteiger partial charge in [-0.25, -0.2) is 0 Å². The maximum absolute atomic E-state index is 12.4. The lowest BCUT2D eigenvalue weighted by atomic mass is 9.90. The van der Waals surface area contributed by atoms with Crippen LogP contribution in [0.15, 0.2) is 48.5 Å². The molecule has 29 heavy (non-hydrogen) atoms. The molecule has 0 bridgehead atoms. The fourth-order valence-corrected chi connectivity index (χ4v) is 3.71. The average molecular weight is 395 g/mol. The van der Waals surface area contributed by atoms with Gasteiger partial charge in [0, 0.05) is 18.7 Å². The standard InChI is InChI=1S/C24H30N2O3/c1-18-3-9-21(10-4-18)24(28)25-17-23(27)26-15-13-20(14-16-26)6-5-19-7-11-22(29-2)12-8-19/h3-4,7-12,20H,5-6,13-17H2,1-2H3,(H,25,28). The van der Waals surface area contributed by atoms with Gasteiger partial charge in [0.05, 0.1) is 13.7 Å². The Labute approximate surface area is 173 Å². The Morgan fingerprint density at radius 3 is 2.31 bits per heavy atom. The summed E-state index contributed by atoms with van der Waals surface area (Å²) in [6, 6.07) is 15.6. The first-order valence-corrected chi connectivity index (χ1v) is 10.3. The summed E-state index contributed by atoms with van der Waals surface area (Å²) in [7, 11) is 1.68. The van der Waals surface area contributed by atoms with Crippen LogP contribution in [0.1, 0.15) is 40.7 Å². The summed E-state index contributed by atoms with van der Waals surface area (Å²) in [5.41, 5.74) is 3.01. The van der Waals surface area contributed by atoms with Crippen molar-refractivity contribution in [3.8, 4) is 5.75 Å².